The fourth-order valence-electron chi connectivity index (χ4n) is 2.83. The number of aromatic nitrogens is 1. The van der Waals surface area contributed by atoms with Crippen LogP contribution in [0.1, 0.15) is 38.3 Å². The predicted octanol–water partition coefficient (Wildman–Crippen LogP) is 2.89. The molecule has 2 rings (SSSR count). The number of H-pyrrole nitrogens is 1. The lowest BCUT2D eigenvalue weighted by molar-refractivity contribution is -0.142. The Hall–Kier alpha value is -2.30. The lowest BCUT2D eigenvalue weighted by atomic mass is 10.0. The highest BCUT2D eigenvalue weighted by Gasteiger charge is 2.21. The lowest BCUT2D eigenvalue weighted by Gasteiger charge is -2.16. The smallest absolute Gasteiger partial charge is 0.326 e. The average Bonchev–Trinajstić information content (AvgIpc) is 2.89. The molecule has 1 atom stereocenters. The molecule has 1 aromatic heterocycles. The van der Waals surface area contributed by atoms with E-state index < -0.39 is 12.0 Å². The van der Waals surface area contributed by atoms with Gasteiger partial charge in [-0.3, -0.25) is 4.79 Å². The second-order valence-electron chi connectivity index (χ2n) is 6.27. The van der Waals surface area contributed by atoms with Gasteiger partial charge in [0.25, 0.3) is 0 Å². The van der Waals surface area contributed by atoms with E-state index in [9.17, 15) is 14.7 Å². The van der Waals surface area contributed by atoms with Gasteiger partial charge in [-0.25, -0.2) is 4.79 Å². The number of carboxylic acid groups (broad SMARTS) is 1. The monoisotopic (exact) mass is 316 g/mol. The van der Waals surface area contributed by atoms with Crippen molar-refractivity contribution >= 4 is 22.8 Å². The molecule has 5 heteroatoms. The van der Waals surface area contributed by atoms with Crippen LogP contribution in [-0.4, -0.2) is 28.0 Å². The van der Waals surface area contributed by atoms with Crippen molar-refractivity contribution in [2.45, 2.75) is 46.1 Å². The number of rotatable bonds is 7. The standard InChI is InChI=1S/C18H24N2O3/c1-4-12-6-5-7-14-13(10-19-17(12)14)9-16(21)20-15(18(22)23)8-11(2)3/h5-7,10-11,15,19H,4,8-9H2,1-3H3,(H,20,21)(H,22,23). The van der Waals surface area contributed by atoms with Crippen molar-refractivity contribution in [1.82, 2.24) is 10.3 Å². The summed E-state index contributed by atoms with van der Waals surface area (Å²) in [6.07, 6.45) is 3.35. The average molecular weight is 316 g/mol. The SMILES string of the molecule is CCc1cccc2c(CC(=O)NC(CC(C)C)C(=O)O)c[nH]c12. The fourth-order valence-corrected chi connectivity index (χ4v) is 2.83. The topological polar surface area (TPSA) is 82.2 Å². The van der Waals surface area contributed by atoms with Crippen LogP contribution in [-0.2, 0) is 22.4 Å². The summed E-state index contributed by atoms with van der Waals surface area (Å²) >= 11 is 0. The third-order valence-electron chi connectivity index (χ3n) is 3.96. The molecule has 1 amide bonds. The lowest BCUT2D eigenvalue weighted by Crippen LogP contribution is -2.42. The van der Waals surface area contributed by atoms with Gasteiger partial charge in [-0.05, 0) is 29.9 Å². The number of hydrogen-bond donors (Lipinski definition) is 3. The molecule has 124 valence electrons. The van der Waals surface area contributed by atoms with E-state index in [0.717, 1.165) is 22.9 Å². The zero-order valence-electron chi connectivity index (χ0n) is 13.8. The van der Waals surface area contributed by atoms with Crippen molar-refractivity contribution in [2.75, 3.05) is 0 Å². The summed E-state index contributed by atoms with van der Waals surface area (Å²) in [5.41, 5.74) is 3.15. The fraction of sp³-hybridized carbons (Fsp3) is 0.444. The molecule has 2 aromatic rings. The first-order valence-corrected chi connectivity index (χ1v) is 8.02. The number of carbonyl (C=O) groups is 2. The Morgan fingerprint density at radius 2 is 2.00 bits per heavy atom. The van der Waals surface area contributed by atoms with Crippen molar-refractivity contribution in [3.63, 3.8) is 0 Å². The van der Waals surface area contributed by atoms with Gasteiger partial charge >= 0.3 is 5.97 Å². The third-order valence-corrected chi connectivity index (χ3v) is 3.96. The van der Waals surface area contributed by atoms with Gasteiger partial charge in [0.05, 0.1) is 6.42 Å². The van der Waals surface area contributed by atoms with Crippen molar-refractivity contribution in [2.24, 2.45) is 5.92 Å². The quantitative estimate of drug-likeness (QED) is 0.734. The first-order chi connectivity index (χ1) is 10.9. The van der Waals surface area contributed by atoms with Crippen molar-refractivity contribution in [3.8, 4) is 0 Å². The Morgan fingerprint density at radius 1 is 1.26 bits per heavy atom. The van der Waals surface area contributed by atoms with E-state index in [4.69, 9.17) is 0 Å². The maximum Gasteiger partial charge on any atom is 0.326 e. The number of aromatic amines is 1. The largest absolute Gasteiger partial charge is 0.480 e. The molecule has 0 radical (unpaired) electrons. The van der Waals surface area contributed by atoms with Gasteiger partial charge in [0.15, 0.2) is 0 Å². The molecule has 1 unspecified atom stereocenters. The summed E-state index contributed by atoms with van der Waals surface area (Å²) in [5, 5.41) is 12.9. The van der Waals surface area contributed by atoms with Gasteiger partial charge < -0.3 is 15.4 Å². The summed E-state index contributed by atoms with van der Waals surface area (Å²) in [6, 6.07) is 5.19. The number of nitrogens with one attached hydrogen (secondary N) is 2. The summed E-state index contributed by atoms with van der Waals surface area (Å²) in [7, 11) is 0. The molecular weight excluding hydrogens is 292 g/mol. The second-order valence-corrected chi connectivity index (χ2v) is 6.27. The molecule has 5 nitrogen and oxygen atoms in total. The Labute approximate surface area is 136 Å². The molecule has 3 N–H and O–H groups in total. The maximum absolute atomic E-state index is 12.2. The van der Waals surface area contributed by atoms with Crippen LogP contribution in [0, 0.1) is 5.92 Å². The minimum atomic E-state index is -0.987. The molecule has 0 spiro atoms. The number of aliphatic carboxylic acids is 1. The molecule has 0 aliphatic rings. The van der Waals surface area contributed by atoms with E-state index >= 15 is 0 Å². The van der Waals surface area contributed by atoms with Gasteiger partial charge in [0, 0.05) is 17.1 Å². The molecule has 0 bridgehead atoms. The highest BCUT2D eigenvalue weighted by molar-refractivity contribution is 5.91. The minimum Gasteiger partial charge on any atom is -0.480 e. The zero-order chi connectivity index (χ0) is 17.0. The Morgan fingerprint density at radius 3 is 2.61 bits per heavy atom. The van der Waals surface area contributed by atoms with Crippen LogP contribution in [0.4, 0.5) is 0 Å². The maximum atomic E-state index is 12.2. The van der Waals surface area contributed by atoms with Crippen molar-refractivity contribution in [3.05, 3.63) is 35.5 Å². The third kappa shape index (κ3) is 4.12. The number of amides is 1. The number of fused-ring (bicyclic) bond motifs is 1. The number of benzene rings is 1. The van der Waals surface area contributed by atoms with Crippen molar-refractivity contribution < 1.29 is 14.7 Å². The first kappa shape index (κ1) is 17.1. The summed E-state index contributed by atoms with van der Waals surface area (Å²) in [4.78, 5) is 26.7. The number of carbonyl (C=O) groups excluding carboxylic acids is 1. The van der Waals surface area contributed by atoms with Crippen LogP contribution in [0.5, 0.6) is 0 Å². The van der Waals surface area contributed by atoms with E-state index in [1.165, 1.54) is 5.56 Å². The molecular formula is C18H24N2O3. The van der Waals surface area contributed by atoms with E-state index in [1.54, 1.807) is 0 Å². The molecule has 0 aliphatic carbocycles. The summed E-state index contributed by atoms with van der Waals surface area (Å²) in [5.74, 6) is -1.04. The molecule has 23 heavy (non-hydrogen) atoms. The molecule has 0 saturated carbocycles. The Kier molecular flexibility index (Phi) is 5.42. The molecule has 0 aliphatic heterocycles. The van der Waals surface area contributed by atoms with E-state index in [0.29, 0.717) is 6.42 Å². The predicted molar refractivity (Wildman–Crippen MR) is 90.4 cm³/mol. The van der Waals surface area contributed by atoms with Crippen LogP contribution in [0.3, 0.4) is 0 Å². The molecule has 1 heterocycles. The van der Waals surface area contributed by atoms with Gasteiger partial charge in [-0.15, -0.1) is 0 Å². The molecule has 0 saturated heterocycles. The number of aryl methyl sites for hydroxylation is 1. The number of hydrogen-bond acceptors (Lipinski definition) is 2. The van der Waals surface area contributed by atoms with Gasteiger partial charge in [0.2, 0.25) is 5.91 Å². The molecule has 1 aromatic carbocycles. The van der Waals surface area contributed by atoms with Gasteiger partial charge in [-0.2, -0.15) is 0 Å². The van der Waals surface area contributed by atoms with Crippen LogP contribution in [0.25, 0.3) is 10.9 Å². The number of para-hydroxylation sites is 1. The number of carboxylic acids is 1. The normalized spacial score (nSPS) is 12.5. The minimum absolute atomic E-state index is 0.176. The van der Waals surface area contributed by atoms with Gasteiger partial charge in [-0.1, -0.05) is 39.0 Å². The van der Waals surface area contributed by atoms with Crippen LogP contribution >= 0.6 is 0 Å². The van der Waals surface area contributed by atoms with Gasteiger partial charge in [0.1, 0.15) is 6.04 Å². The highest BCUT2D eigenvalue weighted by Crippen LogP contribution is 2.22. The van der Waals surface area contributed by atoms with E-state index in [-0.39, 0.29) is 18.2 Å². The Balaban J connectivity index is 2.12. The van der Waals surface area contributed by atoms with Crippen molar-refractivity contribution in [1.29, 1.82) is 0 Å². The van der Waals surface area contributed by atoms with Crippen LogP contribution < -0.4 is 5.32 Å². The highest BCUT2D eigenvalue weighted by atomic mass is 16.4. The summed E-state index contributed by atoms with van der Waals surface area (Å²) < 4.78 is 0. The zero-order valence-corrected chi connectivity index (χ0v) is 13.8. The molecule has 0 fully saturated rings. The van der Waals surface area contributed by atoms with Crippen LogP contribution in [0.15, 0.2) is 24.4 Å². The van der Waals surface area contributed by atoms with E-state index in [2.05, 4.69) is 23.3 Å². The van der Waals surface area contributed by atoms with Crippen LogP contribution in [0.2, 0.25) is 0 Å². The first-order valence-electron chi connectivity index (χ1n) is 8.02. The second kappa shape index (κ2) is 7.31. The Bertz CT molecular complexity index is 703. The summed E-state index contributed by atoms with van der Waals surface area (Å²) in [6.45, 7) is 5.97. The van der Waals surface area contributed by atoms with E-state index in [1.807, 2.05) is 32.2 Å².